The van der Waals surface area contributed by atoms with Crippen molar-refractivity contribution in [1.82, 2.24) is 9.55 Å². The molecule has 0 radical (unpaired) electrons. The lowest BCUT2D eigenvalue weighted by molar-refractivity contribution is 0.660. The number of hydrogen-bond acceptors (Lipinski definition) is 3. The Morgan fingerprint density at radius 3 is 2.73 bits per heavy atom. The van der Waals surface area contributed by atoms with Crippen molar-refractivity contribution in [2.24, 2.45) is 0 Å². The second kappa shape index (κ2) is 6.07. The van der Waals surface area contributed by atoms with Crippen molar-refractivity contribution in [3.05, 3.63) is 74.4 Å². The molecular formula is C16H14ClN3O2. The lowest BCUT2D eigenvalue weighted by Gasteiger charge is -2.09. The number of para-hydroxylation sites is 1. The molecule has 0 spiro atoms. The normalized spacial score (nSPS) is 10.8. The van der Waals surface area contributed by atoms with Crippen molar-refractivity contribution >= 4 is 28.2 Å². The molecule has 0 saturated heterocycles. The molecule has 0 fully saturated rings. The average molecular weight is 316 g/mol. The fourth-order valence-corrected chi connectivity index (χ4v) is 2.50. The number of anilines is 1. The molecule has 2 N–H and O–H groups in total. The largest absolute Gasteiger partial charge is 0.383 e. The van der Waals surface area contributed by atoms with Gasteiger partial charge in [-0.2, -0.15) is 0 Å². The van der Waals surface area contributed by atoms with Gasteiger partial charge in [0.15, 0.2) is 0 Å². The Morgan fingerprint density at radius 1 is 1.09 bits per heavy atom. The van der Waals surface area contributed by atoms with Crippen LogP contribution in [0.4, 0.5) is 5.69 Å². The molecule has 112 valence electrons. The molecule has 0 aliphatic heterocycles. The van der Waals surface area contributed by atoms with E-state index in [1.54, 1.807) is 36.4 Å². The third-order valence-electron chi connectivity index (χ3n) is 3.38. The number of aromatic amines is 1. The van der Waals surface area contributed by atoms with E-state index in [-0.39, 0.29) is 12.1 Å². The van der Waals surface area contributed by atoms with Gasteiger partial charge in [0.1, 0.15) is 0 Å². The second-order valence-electron chi connectivity index (χ2n) is 4.87. The molecule has 3 aromatic rings. The van der Waals surface area contributed by atoms with Crippen LogP contribution in [-0.4, -0.2) is 16.1 Å². The van der Waals surface area contributed by atoms with Crippen LogP contribution < -0.4 is 16.6 Å². The number of halogens is 1. The number of benzene rings is 2. The summed E-state index contributed by atoms with van der Waals surface area (Å²) < 4.78 is 1.19. The quantitative estimate of drug-likeness (QED) is 0.777. The number of nitrogens with one attached hydrogen (secondary N) is 2. The Bertz CT molecular complexity index is 930. The topological polar surface area (TPSA) is 66.9 Å². The molecule has 2 aromatic carbocycles. The number of aromatic nitrogens is 2. The van der Waals surface area contributed by atoms with E-state index in [0.29, 0.717) is 22.5 Å². The highest BCUT2D eigenvalue weighted by atomic mass is 35.5. The molecule has 6 heteroatoms. The minimum absolute atomic E-state index is 0.269. The molecule has 5 nitrogen and oxygen atoms in total. The Labute approximate surface area is 131 Å². The van der Waals surface area contributed by atoms with Crippen molar-refractivity contribution in [2.75, 3.05) is 11.9 Å². The first-order valence-electron chi connectivity index (χ1n) is 6.86. The summed E-state index contributed by atoms with van der Waals surface area (Å²) in [5.74, 6) is 0. The highest BCUT2D eigenvalue weighted by Gasteiger charge is 2.06. The van der Waals surface area contributed by atoms with Gasteiger partial charge < -0.3 is 10.3 Å². The monoisotopic (exact) mass is 315 g/mol. The molecule has 1 heterocycles. The first kappa shape index (κ1) is 14.4. The van der Waals surface area contributed by atoms with Crippen molar-refractivity contribution in [1.29, 1.82) is 0 Å². The lowest BCUT2D eigenvalue weighted by Crippen LogP contribution is -2.36. The van der Waals surface area contributed by atoms with Gasteiger partial charge in [0.25, 0.3) is 5.56 Å². The van der Waals surface area contributed by atoms with Crippen LogP contribution in [0.5, 0.6) is 0 Å². The van der Waals surface area contributed by atoms with E-state index in [1.807, 2.05) is 12.1 Å². The maximum absolute atomic E-state index is 12.3. The van der Waals surface area contributed by atoms with Crippen LogP contribution in [0.15, 0.2) is 58.1 Å². The molecular weight excluding hydrogens is 302 g/mol. The standard InChI is InChI=1S/C16H14ClN3O2/c17-11-4-3-5-12(10-11)18-8-9-20-15(21)13-6-1-2-7-14(13)19-16(20)22/h1-7,10,18H,8-9H2,(H,19,22). The minimum atomic E-state index is -0.406. The van der Waals surface area contributed by atoms with Gasteiger partial charge in [0.05, 0.1) is 10.9 Å². The summed E-state index contributed by atoms with van der Waals surface area (Å²) in [4.78, 5) is 27.1. The van der Waals surface area contributed by atoms with Crippen LogP contribution in [0.25, 0.3) is 10.9 Å². The molecule has 0 aliphatic carbocycles. The Morgan fingerprint density at radius 2 is 1.91 bits per heavy atom. The summed E-state index contributed by atoms with van der Waals surface area (Å²) in [6.07, 6.45) is 0. The van der Waals surface area contributed by atoms with Crippen LogP contribution >= 0.6 is 11.6 Å². The van der Waals surface area contributed by atoms with Crippen LogP contribution in [0.3, 0.4) is 0 Å². The van der Waals surface area contributed by atoms with Crippen LogP contribution in [0, 0.1) is 0 Å². The zero-order valence-corrected chi connectivity index (χ0v) is 12.4. The van der Waals surface area contributed by atoms with Gasteiger partial charge in [-0.1, -0.05) is 29.8 Å². The van der Waals surface area contributed by atoms with Crippen molar-refractivity contribution in [2.45, 2.75) is 6.54 Å². The molecule has 0 saturated carbocycles. The molecule has 0 bridgehead atoms. The van der Waals surface area contributed by atoms with E-state index in [0.717, 1.165) is 5.69 Å². The predicted molar refractivity (Wildman–Crippen MR) is 88.8 cm³/mol. The van der Waals surface area contributed by atoms with Crippen molar-refractivity contribution in [3.8, 4) is 0 Å². The van der Waals surface area contributed by atoms with E-state index in [9.17, 15) is 9.59 Å². The summed E-state index contributed by atoms with van der Waals surface area (Å²) in [5.41, 5.74) is 0.707. The van der Waals surface area contributed by atoms with E-state index in [2.05, 4.69) is 10.3 Å². The third-order valence-corrected chi connectivity index (χ3v) is 3.61. The van der Waals surface area contributed by atoms with Gasteiger partial charge in [-0.3, -0.25) is 9.36 Å². The average Bonchev–Trinajstić information content (AvgIpc) is 2.51. The van der Waals surface area contributed by atoms with E-state index < -0.39 is 5.69 Å². The maximum atomic E-state index is 12.3. The minimum Gasteiger partial charge on any atom is -0.383 e. The number of nitrogens with zero attached hydrogens (tertiary/aromatic N) is 1. The van der Waals surface area contributed by atoms with Crippen LogP contribution in [-0.2, 0) is 6.54 Å². The third kappa shape index (κ3) is 2.89. The Kier molecular flexibility index (Phi) is 3.98. The van der Waals surface area contributed by atoms with Gasteiger partial charge in [-0.05, 0) is 30.3 Å². The van der Waals surface area contributed by atoms with Crippen LogP contribution in [0.1, 0.15) is 0 Å². The first-order chi connectivity index (χ1) is 10.6. The molecule has 22 heavy (non-hydrogen) atoms. The van der Waals surface area contributed by atoms with Gasteiger partial charge in [-0.25, -0.2) is 4.79 Å². The fraction of sp³-hybridized carbons (Fsp3) is 0.125. The zero-order chi connectivity index (χ0) is 15.5. The highest BCUT2D eigenvalue weighted by molar-refractivity contribution is 6.30. The second-order valence-corrected chi connectivity index (χ2v) is 5.31. The summed E-state index contributed by atoms with van der Waals surface area (Å²) >= 11 is 5.91. The van der Waals surface area contributed by atoms with Crippen molar-refractivity contribution in [3.63, 3.8) is 0 Å². The number of rotatable bonds is 4. The maximum Gasteiger partial charge on any atom is 0.328 e. The Hall–Kier alpha value is -2.53. The van der Waals surface area contributed by atoms with Gasteiger partial charge in [0.2, 0.25) is 0 Å². The summed E-state index contributed by atoms with van der Waals surface area (Å²) in [7, 11) is 0. The number of H-pyrrole nitrogens is 1. The van der Waals surface area contributed by atoms with Gasteiger partial charge >= 0.3 is 5.69 Å². The molecule has 0 unspecified atom stereocenters. The summed E-state index contributed by atoms with van der Waals surface area (Å²) in [6, 6.07) is 14.2. The number of fused-ring (bicyclic) bond motifs is 1. The SMILES string of the molecule is O=c1[nH]c2ccccc2c(=O)n1CCNc1cccc(Cl)c1. The first-order valence-corrected chi connectivity index (χ1v) is 7.24. The highest BCUT2D eigenvalue weighted by Crippen LogP contribution is 2.14. The summed E-state index contributed by atoms with van der Waals surface area (Å²) in [5, 5.41) is 4.27. The smallest absolute Gasteiger partial charge is 0.328 e. The fourth-order valence-electron chi connectivity index (χ4n) is 2.31. The van der Waals surface area contributed by atoms with Gasteiger partial charge in [0, 0.05) is 23.8 Å². The molecule has 0 atom stereocenters. The molecule has 0 aliphatic rings. The zero-order valence-electron chi connectivity index (χ0n) is 11.7. The molecule has 0 amide bonds. The van der Waals surface area contributed by atoms with Crippen molar-refractivity contribution < 1.29 is 0 Å². The number of hydrogen-bond donors (Lipinski definition) is 2. The predicted octanol–water partition coefficient (Wildman–Crippen LogP) is 2.46. The molecule has 1 aromatic heterocycles. The lowest BCUT2D eigenvalue weighted by atomic mass is 10.2. The van der Waals surface area contributed by atoms with E-state index >= 15 is 0 Å². The molecule has 3 rings (SSSR count). The van der Waals surface area contributed by atoms with E-state index in [4.69, 9.17) is 11.6 Å². The summed E-state index contributed by atoms with van der Waals surface area (Å²) in [6.45, 7) is 0.715. The van der Waals surface area contributed by atoms with E-state index in [1.165, 1.54) is 4.57 Å². The van der Waals surface area contributed by atoms with Crippen LogP contribution in [0.2, 0.25) is 5.02 Å². The Balaban J connectivity index is 1.82. The van der Waals surface area contributed by atoms with Gasteiger partial charge in [-0.15, -0.1) is 0 Å².